The molecule has 3 nitrogen and oxygen atoms in total. The number of para-hydroxylation sites is 2. The van der Waals surface area contributed by atoms with Crippen molar-refractivity contribution < 1.29 is 5.11 Å². The van der Waals surface area contributed by atoms with E-state index in [9.17, 15) is 9.90 Å². The molecule has 4 rings (SSSR count). The maximum atomic E-state index is 13.2. The summed E-state index contributed by atoms with van der Waals surface area (Å²) in [7, 11) is 0. The number of hydrogen-bond donors (Lipinski definition) is 1. The third-order valence-electron chi connectivity index (χ3n) is 4.06. The average Bonchev–Trinajstić information content (AvgIpc) is 2.68. The van der Waals surface area contributed by atoms with Crippen LogP contribution in [0.3, 0.4) is 0 Å². The highest BCUT2D eigenvalue weighted by Crippen LogP contribution is 2.37. The van der Waals surface area contributed by atoms with Gasteiger partial charge in [-0.05, 0) is 48.5 Å². The summed E-state index contributed by atoms with van der Waals surface area (Å²) >= 11 is 7.17. The Hall–Kier alpha value is -2.69. The van der Waals surface area contributed by atoms with Crippen LogP contribution in [0, 0.1) is 0 Å². The molecule has 0 saturated carbocycles. The van der Waals surface area contributed by atoms with Gasteiger partial charge in [0.1, 0.15) is 10.6 Å². The van der Waals surface area contributed by atoms with E-state index in [2.05, 4.69) is 0 Å². The number of nitrogens with zero attached hydrogens (tertiary/aromatic N) is 1. The number of halogens is 1. The number of aromatic nitrogens is 1. The summed E-state index contributed by atoms with van der Waals surface area (Å²) in [4.78, 5) is 14.3. The maximum absolute atomic E-state index is 13.2. The molecule has 1 N–H and O–H groups in total. The molecule has 0 saturated heterocycles. The lowest BCUT2D eigenvalue weighted by Gasteiger charge is -2.15. The van der Waals surface area contributed by atoms with Gasteiger partial charge < -0.3 is 5.11 Å². The molecule has 0 radical (unpaired) electrons. The highest BCUT2D eigenvalue weighted by atomic mass is 35.5. The predicted octanol–water partition coefficient (Wildman–Crippen LogP) is 5.50. The lowest BCUT2D eigenvalue weighted by Crippen LogP contribution is -2.20. The van der Waals surface area contributed by atoms with Crippen molar-refractivity contribution >= 4 is 34.3 Å². The molecule has 0 unspecified atom stereocenters. The Balaban J connectivity index is 1.99. The van der Waals surface area contributed by atoms with Gasteiger partial charge in [0.15, 0.2) is 0 Å². The van der Waals surface area contributed by atoms with Gasteiger partial charge in [-0.3, -0.25) is 9.36 Å². The molecule has 3 aromatic carbocycles. The Labute approximate surface area is 159 Å². The second-order valence-corrected chi connectivity index (χ2v) is 7.25. The van der Waals surface area contributed by atoms with Crippen molar-refractivity contribution in [2.24, 2.45) is 0 Å². The van der Waals surface area contributed by atoms with E-state index in [4.69, 9.17) is 11.6 Å². The Bertz CT molecular complexity index is 1140. The molecule has 5 heteroatoms. The molecule has 0 amide bonds. The Kier molecular flexibility index (Phi) is 4.45. The van der Waals surface area contributed by atoms with Gasteiger partial charge in [-0.2, -0.15) is 0 Å². The van der Waals surface area contributed by atoms with Gasteiger partial charge in [0.05, 0.1) is 5.52 Å². The van der Waals surface area contributed by atoms with E-state index in [1.54, 1.807) is 16.7 Å². The van der Waals surface area contributed by atoms with Crippen LogP contribution in [-0.4, -0.2) is 9.67 Å². The number of pyridine rings is 1. The van der Waals surface area contributed by atoms with E-state index >= 15 is 0 Å². The van der Waals surface area contributed by atoms with Gasteiger partial charge in [-0.1, -0.05) is 53.7 Å². The zero-order chi connectivity index (χ0) is 18.1. The normalized spacial score (nSPS) is 11.0. The largest absolute Gasteiger partial charge is 0.506 e. The summed E-state index contributed by atoms with van der Waals surface area (Å²) < 4.78 is 1.63. The molecule has 1 aromatic heterocycles. The molecule has 0 atom stereocenters. The third-order valence-corrected chi connectivity index (χ3v) is 5.39. The van der Waals surface area contributed by atoms with E-state index in [0.29, 0.717) is 15.9 Å². The van der Waals surface area contributed by atoms with Gasteiger partial charge in [0.25, 0.3) is 5.56 Å². The molecule has 128 valence electrons. The minimum atomic E-state index is -0.257. The zero-order valence-electron chi connectivity index (χ0n) is 13.6. The summed E-state index contributed by atoms with van der Waals surface area (Å²) in [5, 5.41) is 12.0. The van der Waals surface area contributed by atoms with Gasteiger partial charge in [-0.15, -0.1) is 0 Å². The first-order valence-electron chi connectivity index (χ1n) is 8.01. The fraction of sp³-hybridized carbons (Fsp3) is 0. The predicted molar refractivity (Wildman–Crippen MR) is 107 cm³/mol. The first-order valence-corrected chi connectivity index (χ1v) is 9.20. The number of rotatable bonds is 3. The van der Waals surface area contributed by atoms with Crippen LogP contribution >= 0.6 is 23.4 Å². The molecule has 0 spiro atoms. The molecule has 26 heavy (non-hydrogen) atoms. The van der Waals surface area contributed by atoms with Crippen LogP contribution in [0.1, 0.15) is 0 Å². The van der Waals surface area contributed by atoms with E-state index in [-0.39, 0.29) is 16.2 Å². The van der Waals surface area contributed by atoms with Crippen LogP contribution in [0.5, 0.6) is 5.75 Å². The van der Waals surface area contributed by atoms with Crippen LogP contribution in [0.25, 0.3) is 16.6 Å². The molecular weight excluding hydrogens is 366 g/mol. The smallest absolute Gasteiger partial charge is 0.273 e. The quantitative estimate of drug-likeness (QED) is 0.511. The summed E-state index contributed by atoms with van der Waals surface area (Å²) in [6, 6.07) is 24.0. The Morgan fingerprint density at radius 1 is 0.846 bits per heavy atom. The second kappa shape index (κ2) is 6.90. The van der Waals surface area contributed by atoms with Crippen LogP contribution < -0.4 is 5.56 Å². The molecule has 0 aliphatic carbocycles. The number of hydrogen-bond acceptors (Lipinski definition) is 3. The van der Waals surface area contributed by atoms with Gasteiger partial charge >= 0.3 is 0 Å². The van der Waals surface area contributed by atoms with Crippen LogP contribution in [-0.2, 0) is 0 Å². The van der Waals surface area contributed by atoms with Crippen LogP contribution in [0.2, 0.25) is 5.02 Å². The maximum Gasteiger partial charge on any atom is 0.273 e. The topological polar surface area (TPSA) is 42.2 Å². The summed E-state index contributed by atoms with van der Waals surface area (Å²) in [6.45, 7) is 0. The third kappa shape index (κ3) is 2.98. The van der Waals surface area contributed by atoms with E-state index in [0.717, 1.165) is 10.6 Å². The first-order chi connectivity index (χ1) is 12.6. The molecule has 0 fully saturated rings. The molecule has 0 aliphatic rings. The number of fused-ring (bicyclic) bond motifs is 1. The second-order valence-electron chi connectivity index (χ2n) is 5.73. The summed E-state index contributed by atoms with van der Waals surface area (Å²) in [6.07, 6.45) is 0. The standard InChI is InChI=1S/C21H14ClNO2S/c22-14-10-12-16(13-11-14)26-20-19(24)17-8-4-5-9-18(17)23(21(20)25)15-6-2-1-3-7-15/h1-13,24H. The van der Waals surface area contributed by atoms with E-state index in [1.165, 1.54) is 11.8 Å². The van der Waals surface area contributed by atoms with Crippen molar-refractivity contribution in [2.45, 2.75) is 9.79 Å². The average molecular weight is 380 g/mol. The van der Waals surface area contributed by atoms with Crippen LogP contribution in [0.15, 0.2) is 93.4 Å². The monoisotopic (exact) mass is 379 g/mol. The Morgan fingerprint density at radius 2 is 1.50 bits per heavy atom. The van der Waals surface area contributed by atoms with Crippen molar-refractivity contribution in [3.63, 3.8) is 0 Å². The molecule has 1 heterocycles. The van der Waals surface area contributed by atoms with Crippen molar-refractivity contribution in [1.82, 2.24) is 4.57 Å². The van der Waals surface area contributed by atoms with Crippen molar-refractivity contribution in [3.05, 3.63) is 94.2 Å². The highest BCUT2D eigenvalue weighted by molar-refractivity contribution is 7.99. The van der Waals surface area contributed by atoms with E-state index < -0.39 is 0 Å². The Morgan fingerprint density at radius 3 is 2.23 bits per heavy atom. The molecular formula is C21H14ClNO2S. The lowest BCUT2D eigenvalue weighted by atomic mass is 10.2. The minimum Gasteiger partial charge on any atom is -0.506 e. The molecule has 0 bridgehead atoms. The molecule has 4 aromatic rings. The summed E-state index contributed by atoms with van der Waals surface area (Å²) in [5.41, 5.74) is 1.17. The van der Waals surface area contributed by atoms with Crippen LogP contribution in [0.4, 0.5) is 0 Å². The van der Waals surface area contributed by atoms with Gasteiger partial charge in [0.2, 0.25) is 0 Å². The first kappa shape index (κ1) is 16.8. The zero-order valence-corrected chi connectivity index (χ0v) is 15.2. The molecule has 0 aliphatic heterocycles. The number of aromatic hydroxyl groups is 1. The SMILES string of the molecule is O=c1c(Sc2ccc(Cl)cc2)c(O)c2ccccc2n1-c1ccccc1. The fourth-order valence-corrected chi connectivity index (χ4v) is 3.87. The van der Waals surface area contributed by atoms with Gasteiger partial charge in [-0.25, -0.2) is 0 Å². The van der Waals surface area contributed by atoms with Crippen molar-refractivity contribution in [1.29, 1.82) is 0 Å². The summed E-state index contributed by atoms with van der Waals surface area (Å²) in [5.74, 6) is -0.00210. The van der Waals surface area contributed by atoms with Crippen molar-refractivity contribution in [2.75, 3.05) is 0 Å². The minimum absolute atomic E-state index is 0.00210. The van der Waals surface area contributed by atoms with Crippen molar-refractivity contribution in [3.8, 4) is 11.4 Å². The van der Waals surface area contributed by atoms with E-state index in [1.807, 2.05) is 66.7 Å². The number of benzene rings is 3. The fourth-order valence-electron chi connectivity index (χ4n) is 2.85. The van der Waals surface area contributed by atoms with Gasteiger partial charge in [0, 0.05) is 21.0 Å². The highest BCUT2D eigenvalue weighted by Gasteiger charge is 2.18. The lowest BCUT2D eigenvalue weighted by molar-refractivity contribution is 0.466.